The predicted molar refractivity (Wildman–Crippen MR) is 96.3 cm³/mol. The van der Waals surface area contributed by atoms with Crippen LogP contribution < -0.4 is 0 Å². The summed E-state index contributed by atoms with van der Waals surface area (Å²) < 4.78 is 7.75. The molecule has 0 aromatic carbocycles. The molecule has 2 aromatic rings. The summed E-state index contributed by atoms with van der Waals surface area (Å²) in [6.07, 6.45) is 8.40. The standard InChI is InChI=1S/C18H24N4O2S/c23-18-6-3-9-21(18)10-4-11-22-13-14(19-20-22)16-7-8-17(25-16)15-5-1-2-12-24-15/h7-8,13,15H,1-6,9-12H2. The van der Waals surface area contributed by atoms with E-state index in [0.717, 1.165) is 56.1 Å². The minimum Gasteiger partial charge on any atom is -0.373 e. The van der Waals surface area contributed by atoms with Crippen molar-refractivity contribution in [1.82, 2.24) is 19.9 Å². The molecule has 0 N–H and O–H groups in total. The van der Waals surface area contributed by atoms with Crippen molar-refractivity contribution in [3.8, 4) is 10.6 Å². The van der Waals surface area contributed by atoms with Crippen LogP contribution in [0.25, 0.3) is 10.6 Å². The maximum Gasteiger partial charge on any atom is 0.222 e. The van der Waals surface area contributed by atoms with Crippen molar-refractivity contribution in [3.05, 3.63) is 23.2 Å². The van der Waals surface area contributed by atoms with Crippen molar-refractivity contribution in [2.75, 3.05) is 19.7 Å². The highest BCUT2D eigenvalue weighted by Gasteiger charge is 2.20. The van der Waals surface area contributed by atoms with Gasteiger partial charge in [0.2, 0.25) is 5.91 Å². The molecule has 1 atom stereocenters. The van der Waals surface area contributed by atoms with Crippen LogP contribution in [0.2, 0.25) is 0 Å². The van der Waals surface area contributed by atoms with Gasteiger partial charge in [0.1, 0.15) is 5.69 Å². The molecule has 2 fully saturated rings. The fourth-order valence-electron chi connectivity index (χ4n) is 3.51. The number of aromatic nitrogens is 3. The summed E-state index contributed by atoms with van der Waals surface area (Å²) in [6, 6.07) is 4.28. The van der Waals surface area contributed by atoms with E-state index in [4.69, 9.17) is 4.74 Å². The number of thiophene rings is 1. The largest absolute Gasteiger partial charge is 0.373 e. The summed E-state index contributed by atoms with van der Waals surface area (Å²) in [5, 5.41) is 8.55. The van der Waals surface area contributed by atoms with E-state index in [1.54, 1.807) is 11.3 Å². The third-order valence-corrected chi connectivity index (χ3v) is 6.10. The Morgan fingerprint density at radius 3 is 3.00 bits per heavy atom. The summed E-state index contributed by atoms with van der Waals surface area (Å²) in [5.74, 6) is 0.287. The molecule has 0 saturated carbocycles. The lowest BCUT2D eigenvalue weighted by atomic mass is 10.1. The lowest BCUT2D eigenvalue weighted by molar-refractivity contribution is -0.127. The van der Waals surface area contributed by atoms with Gasteiger partial charge < -0.3 is 9.64 Å². The Morgan fingerprint density at radius 1 is 1.24 bits per heavy atom. The van der Waals surface area contributed by atoms with E-state index in [0.29, 0.717) is 6.42 Å². The van der Waals surface area contributed by atoms with Crippen LogP contribution in [0.5, 0.6) is 0 Å². The zero-order valence-corrected chi connectivity index (χ0v) is 15.2. The first kappa shape index (κ1) is 16.7. The monoisotopic (exact) mass is 360 g/mol. The molecule has 0 aliphatic carbocycles. The molecule has 0 radical (unpaired) electrons. The van der Waals surface area contributed by atoms with E-state index < -0.39 is 0 Å². The maximum absolute atomic E-state index is 11.6. The molecule has 2 aliphatic rings. The Labute approximate surface area is 151 Å². The van der Waals surface area contributed by atoms with Gasteiger partial charge in [-0.05, 0) is 44.2 Å². The van der Waals surface area contributed by atoms with Crippen LogP contribution in [0.4, 0.5) is 0 Å². The second-order valence-corrected chi connectivity index (χ2v) is 7.88. The lowest BCUT2D eigenvalue weighted by Gasteiger charge is -2.21. The molecular weight excluding hydrogens is 336 g/mol. The van der Waals surface area contributed by atoms with Crippen molar-refractivity contribution >= 4 is 17.2 Å². The van der Waals surface area contributed by atoms with Gasteiger partial charge in [0.15, 0.2) is 0 Å². The third-order valence-electron chi connectivity index (χ3n) is 4.90. The SMILES string of the molecule is O=C1CCCN1CCCn1cc(-c2ccc(C3CCCCO3)s2)nn1. The molecule has 4 rings (SSSR count). The first-order valence-corrected chi connectivity index (χ1v) is 10.0. The minimum absolute atomic E-state index is 0.251. The van der Waals surface area contributed by atoms with Gasteiger partial charge in [-0.1, -0.05) is 5.21 Å². The summed E-state index contributed by atoms with van der Waals surface area (Å²) in [6.45, 7) is 3.38. The number of likely N-dealkylation sites (tertiary alicyclic amines) is 1. The van der Waals surface area contributed by atoms with Crippen molar-refractivity contribution in [1.29, 1.82) is 0 Å². The molecule has 2 aliphatic heterocycles. The zero-order chi connectivity index (χ0) is 17.1. The number of carbonyl (C=O) groups is 1. The quantitative estimate of drug-likeness (QED) is 0.793. The molecule has 0 spiro atoms. The third kappa shape index (κ3) is 3.93. The fraction of sp³-hybridized carbons (Fsp3) is 0.611. The average Bonchev–Trinajstić information content (AvgIpc) is 3.37. The van der Waals surface area contributed by atoms with Crippen LogP contribution in [-0.2, 0) is 16.1 Å². The molecule has 1 unspecified atom stereocenters. The van der Waals surface area contributed by atoms with Crippen LogP contribution in [-0.4, -0.2) is 45.5 Å². The van der Waals surface area contributed by atoms with Gasteiger partial charge in [0.25, 0.3) is 0 Å². The van der Waals surface area contributed by atoms with Gasteiger partial charge in [0.05, 0.1) is 17.2 Å². The summed E-state index contributed by atoms with van der Waals surface area (Å²) in [7, 11) is 0. The number of rotatable bonds is 6. The highest BCUT2D eigenvalue weighted by Crippen LogP contribution is 2.35. The van der Waals surface area contributed by atoms with Crippen molar-refractivity contribution in [3.63, 3.8) is 0 Å². The van der Waals surface area contributed by atoms with Gasteiger partial charge in [-0.25, -0.2) is 0 Å². The highest BCUT2D eigenvalue weighted by atomic mass is 32.1. The summed E-state index contributed by atoms with van der Waals surface area (Å²) >= 11 is 1.76. The number of ether oxygens (including phenoxy) is 1. The molecule has 2 saturated heterocycles. The van der Waals surface area contributed by atoms with E-state index in [2.05, 4.69) is 22.4 Å². The van der Waals surface area contributed by atoms with E-state index >= 15 is 0 Å². The maximum atomic E-state index is 11.6. The van der Waals surface area contributed by atoms with Gasteiger partial charge in [-0.3, -0.25) is 9.48 Å². The second kappa shape index (κ2) is 7.66. The summed E-state index contributed by atoms with van der Waals surface area (Å²) in [5.41, 5.74) is 0.921. The number of nitrogens with zero attached hydrogens (tertiary/aromatic N) is 4. The molecule has 6 nitrogen and oxygen atoms in total. The first-order chi connectivity index (χ1) is 12.3. The molecule has 1 amide bonds. The lowest BCUT2D eigenvalue weighted by Crippen LogP contribution is -2.26. The van der Waals surface area contributed by atoms with Crippen LogP contribution in [0, 0.1) is 0 Å². The van der Waals surface area contributed by atoms with Gasteiger partial charge in [-0.15, -0.1) is 16.4 Å². The smallest absolute Gasteiger partial charge is 0.222 e. The Balaban J connectivity index is 1.33. The number of aryl methyl sites for hydroxylation is 1. The van der Waals surface area contributed by atoms with Gasteiger partial charge >= 0.3 is 0 Å². The Morgan fingerprint density at radius 2 is 2.20 bits per heavy atom. The Hall–Kier alpha value is -1.73. The van der Waals surface area contributed by atoms with Crippen LogP contribution in [0.3, 0.4) is 0 Å². The van der Waals surface area contributed by atoms with Crippen LogP contribution in [0.15, 0.2) is 18.3 Å². The topological polar surface area (TPSA) is 60.2 Å². The van der Waals surface area contributed by atoms with Crippen molar-refractivity contribution in [2.45, 2.75) is 51.2 Å². The highest BCUT2D eigenvalue weighted by molar-refractivity contribution is 7.15. The van der Waals surface area contributed by atoms with Crippen LogP contribution >= 0.6 is 11.3 Å². The molecular formula is C18H24N4O2S. The normalized spacial score (nSPS) is 21.2. The van der Waals surface area contributed by atoms with Crippen molar-refractivity contribution < 1.29 is 9.53 Å². The first-order valence-electron chi connectivity index (χ1n) is 9.19. The molecule has 4 heterocycles. The molecule has 0 bridgehead atoms. The van der Waals surface area contributed by atoms with E-state index in [1.165, 1.54) is 17.7 Å². The number of hydrogen-bond acceptors (Lipinski definition) is 5. The van der Waals surface area contributed by atoms with Gasteiger partial charge in [-0.2, -0.15) is 0 Å². The van der Waals surface area contributed by atoms with Crippen LogP contribution in [0.1, 0.15) is 49.5 Å². The number of carbonyl (C=O) groups excluding carboxylic acids is 1. The Bertz CT molecular complexity index is 720. The minimum atomic E-state index is 0.251. The fourth-order valence-corrected chi connectivity index (χ4v) is 4.55. The summed E-state index contributed by atoms with van der Waals surface area (Å²) in [4.78, 5) is 16.0. The second-order valence-electron chi connectivity index (χ2n) is 6.76. The van der Waals surface area contributed by atoms with E-state index in [1.807, 2.05) is 15.8 Å². The molecule has 7 heteroatoms. The van der Waals surface area contributed by atoms with E-state index in [-0.39, 0.29) is 12.0 Å². The average molecular weight is 360 g/mol. The molecule has 2 aromatic heterocycles. The van der Waals surface area contributed by atoms with Crippen molar-refractivity contribution in [2.24, 2.45) is 0 Å². The Kier molecular flexibility index (Phi) is 5.12. The zero-order valence-electron chi connectivity index (χ0n) is 14.4. The number of hydrogen-bond donors (Lipinski definition) is 0. The number of amides is 1. The predicted octanol–water partition coefficient (Wildman–Crippen LogP) is 3.26. The molecule has 134 valence electrons. The molecule has 25 heavy (non-hydrogen) atoms. The van der Waals surface area contributed by atoms with Gasteiger partial charge in [0, 0.05) is 37.5 Å². The van der Waals surface area contributed by atoms with E-state index in [9.17, 15) is 4.79 Å².